The van der Waals surface area contributed by atoms with E-state index in [9.17, 15) is 4.79 Å². The van der Waals surface area contributed by atoms with E-state index in [2.05, 4.69) is 20.8 Å². The molecule has 0 aromatic rings. The molecule has 0 aliphatic rings. The molecule has 0 saturated carbocycles. The summed E-state index contributed by atoms with van der Waals surface area (Å²) in [6, 6.07) is 0. The largest absolute Gasteiger partial charge is 0.287 e. The third kappa shape index (κ3) is 7.89. The van der Waals surface area contributed by atoms with Crippen molar-refractivity contribution in [3.05, 3.63) is 0 Å². The molecule has 0 aliphatic heterocycles. The van der Waals surface area contributed by atoms with Crippen LogP contribution in [0.5, 0.6) is 0 Å². The summed E-state index contributed by atoms with van der Waals surface area (Å²) in [7, 11) is 0. The summed E-state index contributed by atoms with van der Waals surface area (Å²) in [4.78, 5) is 11.6. The van der Waals surface area contributed by atoms with Crippen molar-refractivity contribution >= 4 is 16.9 Å². The van der Waals surface area contributed by atoms with Crippen molar-refractivity contribution in [2.24, 2.45) is 11.8 Å². The van der Waals surface area contributed by atoms with Gasteiger partial charge < -0.3 is 0 Å². The maximum Gasteiger partial charge on any atom is 0.189 e. The number of unbranched alkanes of at least 4 members (excludes halogenated alkanes) is 2. The molecule has 1 nitrogen and oxygen atoms in total. The minimum Gasteiger partial charge on any atom is -0.287 e. The van der Waals surface area contributed by atoms with Gasteiger partial charge in [-0.05, 0) is 24.0 Å². The van der Waals surface area contributed by atoms with Crippen molar-refractivity contribution < 1.29 is 4.79 Å². The van der Waals surface area contributed by atoms with Gasteiger partial charge in [-0.15, -0.1) is 0 Å². The normalized spacial score (nSPS) is 13.1. The Labute approximate surface area is 99.4 Å². The maximum absolute atomic E-state index is 11.6. The van der Waals surface area contributed by atoms with E-state index in [1.165, 1.54) is 37.4 Å². The highest BCUT2D eigenvalue weighted by Gasteiger charge is 2.16. The van der Waals surface area contributed by atoms with E-state index in [-0.39, 0.29) is 0 Å². The summed E-state index contributed by atoms with van der Waals surface area (Å²) in [5.74, 6) is 2.16. The van der Waals surface area contributed by atoms with E-state index in [1.54, 1.807) is 0 Å². The van der Waals surface area contributed by atoms with E-state index in [1.807, 2.05) is 6.92 Å². The van der Waals surface area contributed by atoms with Gasteiger partial charge in [0, 0.05) is 6.42 Å². The topological polar surface area (TPSA) is 17.1 Å². The molecule has 0 N–H and O–H groups in total. The number of carbonyl (C=O) groups is 1. The Balaban J connectivity index is 3.87. The average Bonchev–Trinajstić information content (AvgIpc) is 2.16. The van der Waals surface area contributed by atoms with Crippen molar-refractivity contribution in [3.8, 4) is 0 Å². The Hall–Kier alpha value is 0.0200. The van der Waals surface area contributed by atoms with Gasteiger partial charge in [0.25, 0.3) is 0 Å². The molecular formula is C13H26OS. The minimum absolute atomic E-state index is 0.382. The number of hydrogen-bond acceptors (Lipinski definition) is 2. The predicted molar refractivity (Wildman–Crippen MR) is 70.2 cm³/mol. The van der Waals surface area contributed by atoms with E-state index in [0.717, 1.165) is 12.2 Å². The zero-order valence-electron chi connectivity index (χ0n) is 10.7. The van der Waals surface area contributed by atoms with Crippen molar-refractivity contribution in [3.63, 3.8) is 0 Å². The lowest BCUT2D eigenvalue weighted by Gasteiger charge is -2.19. The molecule has 0 bridgehead atoms. The smallest absolute Gasteiger partial charge is 0.189 e. The summed E-state index contributed by atoms with van der Waals surface area (Å²) in [6.07, 6.45) is 5.85. The van der Waals surface area contributed by atoms with Crippen LogP contribution in [0.2, 0.25) is 0 Å². The van der Waals surface area contributed by atoms with Crippen LogP contribution in [-0.4, -0.2) is 10.9 Å². The van der Waals surface area contributed by atoms with E-state index in [0.29, 0.717) is 17.0 Å². The van der Waals surface area contributed by atoms with Crippen LogP contribution in [0.4, 0.5) is 0 Å². The van der Waals surface area contributed by atoms with Crippen LogP contribution in [-0.2, 0) is 4.79 Å². The molecule has 0 aromatic heterocycles. The van der Waals surface area contributed by atoms with Crippen LogP contribution in [0.25, 0.3) is 0 Å². The van der Waals surface area contributed by atoms with Gasteiger partial charge in [0.05, 0.1) is 0 Å². The molecular weight excluding hydrogens is 204 g/mol. The van der Waals surface area contributed by atoms with Crippen LogP contribution >= 0.6 is 11.8 Å². The minimum atomic E-state index is 0.382. The van der Waals surface area contributed by atoms with E-state index in [4.69, 9.17) is 0 Å². The lowest BCUT2D eigenvalue weighted by Crippen LogP contribution is -2.12. The van der Waals surface area contributed by atoms with Gasteiger partial charge in [-0.25, -0.2) is 0 Å². The molecule has 1 atom stereocenters. The van der Waals surface area contributed by atoms with Crippen molar-refractivity contribution in [2.75, 3.05) is 5.75 Å². The highest BCUT2D eigenvalue weighted by molar-refractivity contribution is 8.13. The summed E-state index contributed by atoms with van der Waals surface area (Å²) < 4.78 is 0. The fraction of sp³-hybridized carbons (Fsp3) is 0.923. The van der Waals surface area contributed by atoms with Crippen molar-refractivity contribution in [2.45, 2.75) is 59.8 Å². The van der Waals surface area contributed by atoms with Crippen LogP contribution in [0.15, 0.2) is 0 Å². The molecule has 0 amide bonds. The summed E-state index contributed by atoms with van der Waals surface area (Å²) in [6.45, 7) is 8.74. The monoisotopic (exact) mass is 230 g/mol. The van der Waals surface area contributed by atoms with E-state index < -0.39 is 0 Å². The fourth-order valence-electron chi connectivity index (χ4n) is 1.76. The van der Waals surface area contributed by atoms with Gasteiger partial charge in [-0.1, -0.05) is 58.7 Å². The first-order valence-electron chi connectivity index (χ1n) is 6.27. The number of rotatable bonds is 8. The molecule has 0 unspecified atom stereocenters. The SMILES string of the molecule is CCCCC[C@H](CC(=O)SCC)C(C)C. The third-order valence-corrected chi connectivity index (χ3v) is 3.63. The van der Waals surface area contributed by atoms with Gasteiger partial charge in [0.15, 0.2) is 5.12 Å². The van der Waals surface area contributed by atoms with E-state index >= 15 is 0 Å². The standard InChI is InChI=1S/C13H26OS/c1-5-7-8-9-12(11(3)4)10-13(14)15-6-2/h11-12H,5-10H2,1-4H3/t12-/m1/s1. The first kappa shape index (κ1) is 15.0. The molecule has 0 heterocycles. The quantitative estimate of drug-likeness (QED) is 0.571. The molecule has 0 fully saturated rings. The number of hydrogen-bond donors (Lipinski definition) is 0. The van der Waals surface area contributed by atoms with Gasteiger partial charge in [0.1, 0.15) is 0 Å². The summed E-state index contributed by atoms with van der Waals surface area (Å²) in [5, 5.41) is 0.382. The maximum atomic E-state index is 11.6. The van der Waals surface area contributed by atoms with Gasteiger partial charge in [-0.2, -0.15) is 0 Å². The van der Waals surface area contributed by atoms with Gasteiger partial charge in [-0.3, -0.25) is 4.79 Å². The molecule has 2 heteroatoms. The molecule has 0 rings (SSSR count). The van der Waals surface area contributed by atoms with Crippen molar-refractivity contribution in [1.29, 1.82) is 0 Å². The Morgan fingerprint density at radius 2 is 1.87 bits per heavy atom. The second-order valence-corrected chi connectivity index (χ2v) is 5.83. The first-order chi connectivity index (χ1) is 7.11. The molecule has 0 aliphatic carbocycles. The summed E-state index contributed by atoms with van der Waals surface area (Å²) in [5.41, 5.74) is 0. The predicted octanol–water partition coefficient (Wildman–Crippen LogP) is 4.51. The zero-order valence-corrected chi connectivity index (χ0v) is 11.5. The molecule has 90 valence electrons. The zero-order chi connectivity index (χ0) is 11.7. The second kappa shape index (κ2) is 9.26. The highest BCUT2D eigenvalue weighted by atomic mass is 32.2. The average molecular weight is 230 g/mol. The van der Waals surface area contributed by atoms with Crippen LogP contribution in [0.3, 0.4) is 0 Å². The van der Waals surface area contributed by atoms with Crippen LogP contribution in [0, 0.1) is 11.8 Å². The summed E-state index contributed by atoms with van der Waals surface area (Å²) >= 11 is 1.48. The lowest BCUT2D eigenvalue weighted by atomic mass is 9.88. The van der Waals surface area contributed by atoms with Gasteiger partial charge in [0.2, 0.25) is 0 Å². The molecule has 15 heavy (non-hydrogen) atoms. The second-order valence-electron chi connectivity index (χ2n) is 4.51. The Morgan fingerprint density at radius 3 is 2.33 bits per heavy atom. The van der Waals surface area contributed by atoms with Gasteiger partial charge >= 0.3 is 0 Å². The molecule has 0 radical (unpaired) electrons. The molecule has 0 aromatic carbocycles. The molecule has 0 spiro atoms. The van der Waals surface area contributed by atoms with Crippen molar-refractivity contribution in [1.82, 2.24) is 0 Å². The number of carbonyl (C=O) groups excluding carboxylic acids is 1. The Bertz CT molecular complexity index is 166. The fourth-order valence-corrected chi connectivity index (χ4v) is 2.42. The molecule has 0 saturated heterocycles. The van der Waals surface area contributed by atoms with Crippen LogP contribution < -0.4 is 0 Å². The third-order valence-electron chi connectivity index (χ3n) is 2.86. The Kier molecular flexibility index (Phi) is 9.27. The lowest BCUT2D eigenvalue weighted by molar-refractivity contribution is -0.112. The highest BCUT2D eigenvalue weighted by Crippen LogP contribution is 2.24. The number of thioether (sulfide) groups is 1. The first-order valence-corrected chi connectivity index (χ1v) is 7.25. The Morgan fingerprint density at radius 1 is 1.20 bits per heavy atom. The van der Waals surface area contributed by atoms with Crippen LogP contribution in [0.1, 0.15) is 59.8 Å².